The summed E-state index contributed by atoms with van der Waals surface area (Å²) in [5.41, 5.74) is 0.787. The Balaban J connectivity index is 1.22. The number of hydrogen-bond donors (Lipinski definition) is 0. The molecule has 0 saturated carbocycles. The van der Waals surface area contributed by atoms with Gasteiger partial charge in [0.25, 0.3) is 0 Å². The van der Waals surface area contributed by atoms with E-state index >= 15 is 13.2 Å². The summed E-state index contributed by atoms with van der Waals surface area (Å²) in [6, 6.07) is 5.98. The number of amidine groups is 1. The molecule has 2 aromatic carbocycles. The van der Waals surface area contributed by atoms with Crippen LogP contribution in [0.5, 0.6) is 5.75 Å². The van der Waals surface area contributed by atoms with Crippen molar-refractivity contribution in [3.8, 4) is 5.75 Å². The maximum Gasteiger partial charge on any atom is 0.429 e. The van der Waals surface area contributed by atoms with Crippen molar-refractivity contribution in [1.29, 1.82) is 0 Å². The third kappa shape index (κ3) is 6.36. The van der Waals surface area contributed by atoms with Gasteiger partial charge in [-0.25, -0.2) is 32.4 Å². The lowest BCUT2D eigenvalue weighted by atomic mass is 9.74. The van der Waals surface area contributed by atoms with Crippen molar-refractivity contribution in [1.82, 2.24) is 19.8 Å². The molecular weight excluding hydrogens is 755 g/mol. The molecule has 10 rings (SSSR count). The van der Waals surface area contributed by atoms with Crippen LogP contribution in [0, 0.1) is 11.7 Å². The lowest BCUT2D eigenvalue weighted by Crippen LogP contribution is -2.64. The van der Waals surface area contributed by atoms with Crippen LogP contribution in [0.25, 0.3) is 16.3 Å². The minimum atomic E-state index is -1.01. The van der Waals surface area contributed by atoms with Gasteiger partial charge in [0.2, 0.25) is 5.88 Å². The fourth-order valence-electron chi connectivity index (χ4n) is 10.6. The molecule has 10 nitrogen and oxygen atoms in total. The quantitative estimate of drug-likeness (QED) is 0.193. The number of carbonyl (C=O) groups excluding carboxylic acids is 1. The summed E-state index contributed by atoms with van der Waals surface area (Å²) in [6.07, 6.45) is 4.65. The Labute approximate surface area is 336 Å². The van der Waals surface area contributed by atoms with Gasteiger partial charge in [0.15, 0.2) is 12.6 Å². The molecule has 4 atom stereocenters. The number of benzene rings is 2. The summed E-state index contributed by atoms with van der Waals surface area (Å²) in [5.74, 6) is -1.55. The van der Waals surface area contributed by atoms with Crippen LogP contribution in [-0.4, -0.2) is 95.4 Å². The van der Waals surface area contributed by atoms with Crippen LogP contribution in [0.4, 0.5) is 22.4 Å². The van der Waals surface area contributed by atoms with Crippen molar-refractivity contribution in [2.75, 3.05) is 40.3 Å². The largest absolute Gasteiger partial charge is 0.477 e. The molecule has 8 aliphatic rings. The molecule has 1 aliphatic carbocycles. The Morgan fingerprint density at radius 1 is 1.05 bits per heavy atom. The molecule has 0 spiro atoms. The molecule has 0 radical (unpaired) electrons. The van der Waals surface area contributed by atoms with Crippen LogP contribution in [-0.2, 0) is 20.6 Å². The fourth-order valence-corrected chi connectivity index (χ4v) is 10.6. The third-order valence-corrected chi connectivity index (χ3v) is 12.8. The van der Waals surface area contributed by atoms with Gasteiger partial charge < -0.3 is 18.9 Å². The Morgan fingerprint density at radius 3 is 2.66 bits per heavy atom. The zero-order valence-electron chi connectivity index (χ0n) is 33.8. The van der Waals surface area contributed by atoms with Gasteiger partial charge in [-0.1, -0.05) is 13.0 Å². The Bertz CT molecular complexity index is 2210. The van der Waals surface area contributed by atoms with Crippen LogP contribution < -0.4 is 4.74 Å². The minimum Gasteiger partial charge on any atom is -0.477 e. The van der Waals surface area contributed by atoms with E-state index in [2.05, 4.69) is 4.90 Å². The smallest absolute Gasteiger partial charge is 0.429 e. The second kappa shape index (κ2) is 14.6. The van der Waals surface area contributed by atoms with E-state index in [0.29, 0.717) is 60.1 Å². The van der Waals surface area contributed by atoms with Gasteiger partial charge in [-0.2, -0.15) is 0 Å². The number of alkyl halides is 1. The van der Waals surface area contributed by atoms with Gasteiger partial charge in [-0.05, 0) is 119 Å². The summed E-state index contributed by atoms with van der Waals surface area (Å²) in [5, 5.41) is 4.52. The van der Waals surface area contributed by atoms with Crippen molar-refractivity contribution >= 4 is 28.3 Å². The minimum absolute atomic E-state index is 0.0468. The first-order valence-electron chi connectivity index (χ1n) is 20.6. The highest BCUT2D eigenvalue weighted by atomic mass is 19.1. The van der Waals surface area contributed by atoms with E-state index in [1.807, 2.05) is 25.8 Å². The molecule has 7 heterocycles. The molecule has 4 saturated heterocycles. The molecule has 4 fully saturated rings. The number of ether oxygens (including phenoxy) is 4. The van der Waals surface area contributed by atoms with Gasteiger partial charge in [0.1, 0.15) is 48.3 Å². The highest BCUT2D eigenvalue weighted by Crippen LogP contribution is 2.52. The van der Waals surface area contributed by atoms with Gasteiger partial charge in [-0.15, -0.1) is 0 Å². The van der Waals surface area contributed by atoms with Crippen molar-refractivity contribution in [2.24, 2.45) is 10.9 Å². The van der Waals surface area contributed by atoms with E-state index in [-0.39, 0.29) is 67.6 Å². The summed E-state index contributed by atoms with van der Waals surface area (Å²) >= 11 is 0. The predicted octanol–water partition coefficient (Wildman–Crippen LogP) is 9.19. The van der Waals surface area contributed by atoms with Gasteiger partial charge >= 0.3 is 6.09 Å². The van der Waals surface area contributed by atoms with Crippen molar-refractivity contribution in [3.63, 3.8) is 0 Å². The number of hydrazine groups is 1. The maximum atomic E-state index is 18.1. The van der Waals surface area contributed by atoms with Gasteiger partial charge in [0.05, 0.1) is 22.9 Å². The molecule has 2 aromatic rings. The highest BCUT2D eigenvalue weighted by Gasteiger charge is 2.54. The summed E-state index contributed by atoms with van der Waals surface area (Å²) in [4.78, 5) is 22.6. The molecular formula is C44H51F4N5O5. The average molecular weight is 806 g/mol. The fraction of sp³-hybridized carbons (Fsp3) is 0.545. The number of fused-ring (bicyclic) bond motifs is 5. The van der Waals surface area contributed by atoms with Crippen molar-refractivity contribution in [3.05, 3.63) is 81.8 Å². The van der Waals surface area contributed by atoms with Crippen molar-refractivity contribution < 1.29 is 41.3 Å². The number of allylic oxidation sites excluding steroid dienone is 6. The number of aryl methyl sites for hydroxylation is 1. The number of hydrogen-bond acceptors (Lipinski definition) is 9. The standard InChI is InChI=1S/C44H51F4N5O5/c1-6-28-31(46)12-11-25-17-27(57-24-55-5)18-30(37(25)28)38-32(47)19-36(56-22-44-15-8-16-50(44)21-26(45)20-44)52-35(40(38)48)10-7-9-29-33-13-14-34-39(29)41(52)49-23-51(34)53(33)42(54)58-43(2,3)4/h11-12,17-19,26,29,33H,6-10,13-16,20-24H2,1-5H3/t26-,29+,33+,44+/m1/s1. The lowest BCUT2D eigenvalue weighted by molar-refractivity contribution is -0.0954. The second-order valence-electron chi connectivity index (χ2n) is 17.5. The summed E-state index contributed by atoms with van der Waals surface area (Å²) in [7, 11) is 1.48. The van der Waals surface area contributed by atoms with Crippen LogP contribution in [0.3, 0.4) is 0 Å². The zero-order valence-corrected chi connectivity index (χ0v) is 33.8. The molecule has 14 heteroatoms. The molecule has 0 N–H and O–H groups in total. The third-order valence-electron chi connectivity index (χ3n) is 12.8. The molecule has 310 valence electrons. The topological polar surface area (TPSA) is 79.3 Å². The van der Waals surface area contributed by atoms with Crippen LogP contribution in [0.2, 0.25) is 0 Å². The SMILES string of the molecule is CCc1c(F)ccc2cc(OCOC)cc(C3=C(F)C=C(OC[C@@]45CCCN4C[C@H](F)C5)N4C5=NCN6C7=C5[C@@H](CCCC4=C3F)[C@H](CC7)N6C(=O)OC(C)(C)C)c12. The number of nitrogens with zero attached hydrogens (tertiary/aromatic N) is 5. The van der Waals surface area contributed by atoms with Crippen LogP contribution in [0.1, 0.15) is 90.2 Å². The van der Waals surface area contributed by atoms with Crippen LogP contribution in [0.15, 0.2) is 69.8 Å². The zero-order chi connectivity index (χ0) is 40.7. The Hall–Kier alpha value is -4.56. The first kappa shape index (κ1) is 38.9. The van der Waals surface area contributed by atoms with Gasteiger partial charge in [-0.3, -0.25) is 14.8 Å². The first-order chi connectivity index (χ1) is 27.8. The first-order valence-corrected chi connectivity index (χ1v) is 20.6. The molecule has 0 aromatic heterocycles. The van der Waals surface area contributed by atoms with E-state index in [0.717, 1.165) is 37.1 Å². The number of aliphatic imine (C=N–C) groups is 1. The van der Waals surface area contributed by atoms with Crippen molar-refractivity contribution in [2.45, 2.75) is 109 Å². The van der Waals surface area contributed by atoms with E-state index in [4.69, 9.17) is 23.9 Å². The monoisotopic (exact) mass is 805 g/mol. The Kier molecular flexibility index (Phi) is 9.81. The summed E-state index contributed by atoms with van der Waals surface area (Å²) < 4.78 is 89.7. The van der Waals surface area contributed by atoms with E-state index in [1.165, 1.54) is 19.3 Å². The number of amides is 1. The Morgan fingerprint density at radius 2 is 1.88 bits per heavy atom. The summed E-state index contributed by atoms with van der Waals surface area (Å²) in [6.45, 7) is 8.40. The lowest BCUT2D eigenvalue weighted by Gasteiger charge is -2.56. The predicted molar refractivity (Wildman–Crippen MR) is 210 cm³/mol. The van der Waals surface area contributed by atoms with E-state index in [9.17, 15) is 9.18 Å². The highest BCUT2D eigenvalue weighted by molar-refractivity contribution is 6.05. The molecule has 1 amide bonds. The number of halogens is 4. The molecule has 7 aliphatic heterocycles. The second-order valence-corrected chi connectivity index (χ2v) is 17.5. The molecule has 58 heavy (non-hydrogen) atoms. The molecule has 4 bridgehead atoms. The molecule has 0 unspecified atom stereocenters. The number of rotatable bonds is 8. The van der Waals surface area contributed by atoms with Crippen LogP contribution >= 0.6 is 0 Å². The van der Waals surface area contributed by atoms with E-state index < -0.39 is 40.9 Å². The number of carbonyl (C=O) groups is 1. The average Bonchev–Trinajstić information content (AvgIpc) is 3.67. The number of methoxy groups -OCH3 is 1. The van der Waals surface area contributed by atoms with E-state index in [1.54, 1.807) is 35.0 Å². The maximum absolute atomic E-state index is 18.1. The van der Waals surface area contributed by atoms with Gasteiger partial charge in [0, 0.05) is 43.3 Å². The normalized spacial score (nSPS) is 27.1.